The molecule has 0 saturated carbocycles. The van der Waals surface area contributed by atoms with E-state index in [4.69, 9.17) is 23.8 Å². The predicted molar refractivity (Wildman–Crippen MR) is 143 cm³/mol. The molecule has 172 valence electrons. The Morgan fingerprint density at radius 1 is 1.06 bits per heavy atom. The number of methoxy groups -OCH3 is 1. The maximum absolute atomic E-state index is 6.22. The molecule has 0 unspecified atom stereocenters. The zero-order valence-electron chi connectivity index (χ0n) is 17.7. The first kappa shape index (κ1) is 23.4. The average Bonchev–Trinajstić information content (AvgIpc) is 3.45. The van der Waals surface area contributed by atoms with Gasteiger partial charge in [0.25, 0.3) is 0 Å². The molecule has 33 heavy (non-hydrogen) atoms. The summed E-state index contributed by atoms with van der Waals surface area (Å²) in [6, 6.07) is 11.6. The van der Waals surface area contributed by atoms with Gasteiger partial charge in [-0.3, -0.25) is 0 Å². The van der Waals surface area contributed by atoms with E-state index in [0.29, 0.717) is 33.9 Å². The van der Waals surface area contributed by atoms with Gasteiger partial charge in [-0.05, 0) is 19.1 Å². The van der Waals surface area contributed by atoms with Gasteiger partial charge in [-0.15, -0.1) is 11.3 Å². The molecule has 0 aliphatic heterocycles. The standard InChI is InChI=1S/C21H21N5O3S4/c1-3-23-12-6-4-5-11(7-12)14-10-32-20(25-14)18-19(22)26-21(33-18)24-13-8-15(27-2)17(29-31)16(9-13)28-30/h4-10,23,30-31H,3,22H2,1-2H3,(H,24,26). The second-order valence-corrected chi connectivity index (χ2v) is 8.92. The first-order valence-corrected chi connectivity index (χ1v) is 12.2. The van der Waals surface area contributed by atoms with Gasteiger partial charge >= 0.3 is 0 Å². The van der Waals surface area contributed by atoms with Crippen molar-refractivity contribution < 1.29 is 13.1 Å². The van der Waals surface area contributed by atoms with E-state index in [1.165, 1.54) is 29.8 Å². The molecular weight excluding hydrogens is 499 g/mol. The minimum Gasteiger partial charge on any atom is -0.493 e. The van der Waals surface area contributed by atoms with Crippen molar-refractivity contribution in [1.29, 1.82) is 0 Å². The third kappa shape index (κ3) is 5.08. The van der Waals surface area contributed by atoms with Crippen LogP contribution in [-0.4, -0.2) is 23.6 Å². The van der Waals surface area contributed by atoms with Crippen LogP contribution in [0, 0.1) is 0 Å². The molecule has 0 amide bonds. The maximum atomic E-state index is 6.22. The lowest BCUT2D eigenvalue weighted by Crippen LogP contribution is -1.95. The van der Waals surface area contributed by atoms with Gasteiger partial charge in [-0.2, -0.15) is 0 Å². The minimum absolute atomic E-state index is 0.314. The number of benzene rings is 2. The van der Waals surface area contributed by atoms with Crippen molar-refractivity contribution >= 4 is 70.8 Å². The third-order valence-corrected chi connectivity index (χ3v) is 6.93. The number of nitrogens with two attached hydrogens (primary N) is 1. The van der Waals surface area contributed by atoms with Crippen molar-refractivity contribution in [3.05, 3.63) is 41.8 Å². The Morgan fingerprint density at radius 2 is 1.88 bits per heavy atom. The fourth-order valence-corrected chi connectivity index (χ4v) is 5.27. The summed E-state index contributed by atoms with van der Waals surface area (Å²) in [7, 11) is 1.52. The second kappa shape index (κ2) is 10.4. The molecule has 4 rings (SSSR count). The fourth-order valence-electron chi connectivity index (χ4n) is 3.12. The van der Waals surface area contributed by atoms with Crippen LogP contribution < -0.4 is 29.5 Å². The highest BCUT2D eigenvalue weighted by Gasteiger charge is 2.18. The van der Waals surface area contributed by atoms with E-state index < -0.39 is 0 Å². The lowest BCUT2D eigenvalue weighted by atomic mass is 10.1. The largest absolute Gasteiger partial charge is 0.493 e. The normalized spacial score (nSPS) is 10.7. The van der Waals surface area contributed by atoms with E-state index in [9.17, 15) is 0 Å². The summed E-state index contributed by atoms with van der Waals surface area (Å²) >= 11 is 10.6. The van der Waals surface area contributed by atoms with E-state index in [-0.39, 0.29) is 0 Å². The first-order valence-electron chi connectivity index (χ1n) is 9.74. The molecule has 0 aliphatic rings. The fraction of sp³-hybridized carbons (Fsp3) is 0.143. The third-order valence-electron chi connectivity index (χ3n) is 4.57. The summed E-state index contributed by atoms with van der Waals surface area (Å²) in [4.78, 5) is 10.0. The molecule has 2 aromatic heterocycles. The SMILES string of the molecule is CCNc1cccc(-c2csc(-c3sc(Nc4cc(OC)c(OS)c(OS)c4)nc3N)n2)c1. The molecule has 8 nitrogen and oxygen atoms in total. The number of nitrogens with zero attached hydrogens (tertiary/aromatic N) is 2. The van der Waals surface area contributed by atoms with Crippen LogP contribution in [0.5, 0.6) is 17.2 Å². The van der Waals surface area contributed by atoms with Gasteiger partial charge in [0.05, 0.1) is 12.8 Å². The van der Waals surface area contributed by atoms with Gasteiger partial charge < -0.3 is 29.5 Å². The van der Waals surface area contributed by atoms with Crippen molar-refractivity contribution in [2.24, 2.45) is 0 Å². The van der Waals surface area contributed by atoms with Gasteiger partial charge in [0.15, 0.2) is 16.6 Å². The van der Waals surface area contributed by atoms with Crippen LogP contribution in [0.3, 0.4) is 0 Å². The number of thiol groups is 2. The smallest absolute Gasteiger partial charge is 0.222 e. The molecule has 4 aromatic rings. The number of hydrogen-bond acceptors (Lipinski definition) is 12. The van der Waals surface area contributed by atoms with E-state index in [2.05, 4.69) is 54.4 Å². The molecule has 0 saturated heterocycles. The van der Waals surface area contributed by atoms with Crippen molar-refractivity contribution in [2.75, 3.05) is 30.0 Å². The maximum Gasteiger partial charge on any atom is 0.222 e. The molecule has 0 aliphatic carbocycles. The summed E-state index contributed by atoms with van der Waals surface area (Å²) in [6.07, 6.45) is 0. The van der Waals surface area contributed by atoms with Crippen LogP contribution in [0.4, 0.5) is 22.3 Å². The van der Waals surface area contributed by atoms with Crippen LogP contribution in [0.25, 0.3) is 21.1 Å². The molecule has 2 heterocycles. The van der Waals surface area contributed by atoms with Crippen LogP contribution >= 0.6 is 48.5 Å². The van der Waals surface area contributed by atoms with Gasteiger partial charge in [-0.25, -0.2) is 9.97 Å². The Labute approximate surface area is 210 Å². The van der Waals surface area contributed by atoms with E-state index >= 15 is 0 Å². The van der Waals surface area contributed by atoms with Gasteiger partial charge in [0, 0.05) is 66.8 Å². The van der Waals surface area contributed by atoms with Crippen LogP contribution in [-0.2, 0) is 0 Å². The number of anilines is 4. The molecule has 0 radical (unpaired) electrons. The van der Waals surface area contributed by atoms with Crippen LogP contribution in [0.15, 0.2) is 41.8 Å². The quantitative estimate of drug-likeness (QED) is 0.133. The number of aromatic nitrogens is 2. The van der Waals surface area contributed by atoms with Crippen LogP contribution in [0.1, 0.15) is 6.92 Å². The zero-order valence-corrected chi connectivity index (χ0v) is 21.1. The lowest BCUT2D eigenvalue weighted by Gasteiger charge is -2.12. The monoisotopic (exact) mass is 519 g/mol. The number of rotatable bonds is 9. The van der Waals surface area contributed by atoms with Crippen LogP contribution in [0.2, 0.25) is 0 Å². The highest BCUT2D eigenvalue weighted by atomic mass is 32.1. The number of nitrogens with one attached hydrogen (secondary N) is 2. The Balaban J connectivity index is 1.60. The molecular formula is C21H21N5O3S4. The van der Waals surface area contributed by atoms with Gasteiger partial charge in [-0.1, -0.05) is 23.5 Å². The zero-order chi connectivity index (χ0) is 23.4. The van der Waals surface area contributed by atoms with Crippen molar-refractivity contribution in [3.63, 3.8) is 0 Å². The summed E-state index contributed by atoms with van der Waals surface area (Å²) in [5.74, 6) is 1.48. The molecule has 4 N–H and O–H groups in total. The molecule has 0 spiro atoms. The molecule has 0 bridgehead atoms. The first-order chi connectivity index (χ1) is 16.1. The number of hydrogen-bond donors (Lipinski definition) is 5. The van der Waals surface area contributed by atoms with Crippen molar-refractivity contribution in [1.82, 2.24) is 9.97 Å². The molecule has 0 fully saturated rings. The highest BCUT2D eigenvalue weighted by molar-refractivity contribution is 7.75. The molecule has 12 heteroatoms. The Morgan fingerprint density at radius 3 is 2.61 bits per heavy atom. The average molecular weight is 520 g/mol. The van der Waals surface area contributed by atoms with E-state index in [1.54, 1.807) is 12.1 Å². The molecule has 0 atom stereocenters. The summed E-state index contributed by atoms with van der Waals surface area (Å²) in [5, 5.41) is 9.96. The summed E-state index contributed by atoms with van der Waals surface area (Å²) < 4.78 is 15.4. The second-order valence-electron chi connectivity index (χ2n) is 6.70. The number of thiazole rings is 2. The van der Waals surface area contributed by atoms with E-state index in [1.807, 2.05) is 23.6 Å². The topological polar surface area (TPSA) is 104 Å². The predicted octanol–water partition coefficient (Wildman–Crippen LogP) is 6.15. The summed E-state index contributed by atoms with van der Waals surface area (Å²) in [5.41, 5.74) is 9.86. The highest BCUT2D eigenvalue weighted by Crippen LogP contribution is 2.44. The Bertz CT molecular complexity index is 1240. The minimum atomic E-state index is 0.314. The van der Waals surface area contributed by atoms with Crippen molar-refractivity contribution in [3.8, 4) is 38.4 Å². The lowest BCUT2D eigenvalue weighted by molar-refractivity contribution is 0.396. The number of nitrogen functional groups attached to an aromatic ring is 1. The molecule has 2 aromatic carbocycles. The summed E-state index contributed by atoms with van der Waals surface area (Å²) in [6.45, 7) is 2.92. The number of ether oxygens (including phenoxy) is 1. The van der Waals surface area contributed by atoms with Gasteiger partial charge in [0.1, 0.15) is 15.7 Å². The Hall–Kier alpha value is -2.80. The Kier molecular flexibility index (Phi) is 7.38. The van der Waals surface area contributed by atoms with E-state index in [0.717, 1.165) is 33.4 Å². The van der Waals surface area contributed by atoms with Gasteiger partial charge in [0.2, 0.25) is 5.75 Å². The van der Waals surface area contributed by atoms with Crippen molar-refractivity contribution in [2.45, 2.75) is 6.92 Å².